The molecule has 22 heavy (non-hydrogen) atoms. The molecular weight excluding hydrogens is 339 g/mol. The minimum absolute atomic E-state index is 0.113. The molecule has 0 spiro atoms. The predicted octanol–water partition coefficient (Wildman–Crippen LogP) is 1.63. The number of rotatable bonds is 4. The van der Waals surface area contributed by atoms with Crippen molar-refractivity contribution in [3.8, 4) is 0 Å². The number of amides is 1. The lowest BCUT2D eigenvalue weighted by Gasteiger charge is -2.01. The Labute approximate surface area is 132 Å². The monoisotopic (exact) mass is 344 g/mol. The second-order valence-corrected chi connectivity index (χ2v) is 4.59. The van der Waals surface area contributed by atoms with Crippen LogP contribution < -0.4 is 11.2 Å². The number of nitro benzene ring substituents is 1. The van der Waals surface area contributed by atoms with Crippen LogP contribution in [0.5, 0.6) is 0 Å². The molecule has 114 valence electrons. The molecule has 0 bridgehead atoms. The zero-order chi connectivity index (χ0) is 16.3. The van der Waals surface area contributed by atoms with Gasteiger partial charge in [-0.25, -0.2) is 10.1 Å². The molecule has 0 fully saturated rings. The summed E-state index contributed by atoms with van der Waals surface area (Å²) in [4.78, 5) is 21.7. The molecule has 0 aliphatic rings. The Morgan fingerprint density at radius 2 is 2.14 bits per heavy atom. The highest BCUT2D eigenvalue weighted by atomic mass is 35.5. The van der Waals surface area contributed by atoms with Gasteiger partial charge in [-0.2, -0.15) is 5.10 Å². The molecule has 0 atom stereocenters. The molecule has 12 heteroatoms. The van der Waals surface area contributed by atoms with E-state index in [0.29, 0.717) is 0 Å². The molecule has 0 aliphatic carbocycles. The first-order valence-electron chi connectivity index (χ1n) is 5.45. The molecule has 2 aromatic rings. The fraction of sp³-hybridized carbons (Fsp3) is 0. The second kappa shape index (κ2) is 6.37. The number of nitrogen functional groups attached to an aromatic ring is 1. The van der Waals surface area contributed by atoms with Gasteiger partial charge in [-0.3, -0.25) is 14.9 Å². The highest BCUT2D eigenvalue weighted by molar-refractivity contribution is 6.37. The van der Waals surface area contributed by atoms with Crippen molar-refractivity contribution < 1.29 is 14.3 Å². The van der Waals surface area contributed by atoms with Crippen LogP contribution in [-0.4, -0.2) is 27.4 Å². The number of nitrogens with one attached hydrogen (secondary N) is 1. The average molecular weight is 345 g/mol. The number of hydrazone groups is 1. The standard InChI is InChI=1S/C10H6Cl2N6O4/c11-5-2-6(12)7(18(20)21)1-4(5)3-14-15-10(19)8-9(13)17-22-16-8/h1-3H,(H2,13,17)(H,15,19)/b14-3-. The third kappa shape index (κ3) is 3.30. The van der Waals surface area contributed by atoms with Crippen molar-refractivity contribution in [3.63, 3.8) is 0 Å². The van der Waals surface area contributed by atoms with Gasteiger partial charge in [0.2, 0.25) is 11.5 Å². The molecule has 2 rings (SSSR count). The number of nitrogens with two attached hydrogens (primary N) is 1. The van der Waals surface area contributed by atoms with Crippen molar-refractivity contribution in [3.05, 3.63) is 43.5 Å². The Hall–Kier alpha value is -2.72. The Bertz CT molecular complexity index is 775. The molecule has 1 heterocycles. The summed E-state index contributed by atoms with van der Waals surface area (Å²) in [7, 11) is 0. The van der Waals surface area contributed by atoms with Crippen LogP contribution in [0, 0.1) is 10.1 Å². The number of aromatic nitrogens is 2. The number of anilines is 1. The van der Waals surface area contributed by atoms with E-state index in [0.717, 1.165) is 12.3 Å². The molecule has 1 amide bonds. The van der Waals surface area contributed by atoms with Gasteiger partial charge in [-0.05, 0) is 16.4 Å². The van der Waals surface area contributed by atoms with E-state index in [2.05, 4.69) is 25.5 Å². The maximum absolute atomic E-state index is 11.6. The summed E-state index contributed by atoms with van der Waals surface area (Å²) in [6.45, 7) is 0. The SMILES string of the molecule is Nc1nonc1C(=O)N/N=C\c1cc([N+](=O)[O-])c(Cl)cc1Cl. The quantitative estimate of drug-likeness (QED) is 0.486. The van der Waals surface area contributed by atoms with E-state index in [4.69, 9.17) is 28.9 Å². The number of hydrogen-bond acceptors (Lipinski definition) is 8. The Balaban J connectivity index is 2.17. The first kappa shape index (κ1) is 15.7. The van der Waals surface area contributed by atoms with Gasteiger partial charge < -0.3 is 5.73 Å². The van der Waals surface area contributed by atoms with Crippen molar-refractivity contribution in [2.75, 3.05) is 5.73 Å². The largest absolute Gasteiger partial charge is 0.379 e. The summed E-state index contributed by atoms with van der Waals surface area (Å²) < 4.78 is 4.26. The summed E-state index contributed by atoms with van der Waals surface area (Å²) in [6.07, 6.45) is 1.10. The van der Waals surface area contributed by atoms with E-state index in [1.165, 1.54) is 6.07 Å². The molecule has 0 aliphatic heterocycles. The van der Waals surface area contributed by atoms with Crippen LogP contribution in [0.25, 0.3) is 0 Å². The molecule has 1 aromatic heterocycles. The van der Waals surface area contributed by atoms with Gasteiger partial charge >= 0.3 is 0 Å². The first-order chi connectivity index (χ1) is 10.4. The third-order valence-electron chi connectivity index (χ3n) is 2.36. The molecule has 1 aromatic carbocycles. The van der Waals surface area contributed by atoms with Gasteiger partial charge in [0, 0.05) is 11.6 Å². The number of nitrogens with zero attached hydrogens (tertiary/aromatic N) is 4. The minimum atomic E-state index is -0.769. The van der Waals surface area contributed by atoms with Crippen LogP contribution in [0.2, 0.25) is 10.0 Å². The molecule has 3 N–H and O–H groups in total. The van der Waals surface area contributed by atoms with Crippen molar-refractivity contribution >= 4 is 46.8 Å². The lowest BCUT2D eigenvalue weighted by atomic mass is 10.2. The lowest BCUT2D eigenvalue weighted by molar-refractivity contribution is -0.384. The van der Waals surface area contributed by atoms with Gasteiger partial charge in [0.25, 0.3) is 11.6 Å². The highest BCUT2D eigenvalue weighted by Crippen LogP contribution is 2.29. The van der Waals surface area contributed by atoms with Crippen LogP contribution >= 0.6 is 23.2 Å². The van der Waals surface area contributed by atoms with Gasteiger partial charge in [0.15, 0.2) is 0 Å². The maximum Gasteiger partial charge on any atom is 0.297 e. The molecule has 10 nitrogen and oxygen atoms in total. The van der Waals surface area contributed by atoms with E-state index in [1.54, 1.807) is 0 Å². The smallest absolute Gasteiger partial charge is 0.297 e. The zero-order valence-corrected chi connectivity index (χ0v) is 12.0. The molecule has 0 unspecified atom stereocenters. The van der Waals surface area contributed by atoms with Crippen LogP contribution in [0.15, 0.2) is 21.9 Å². The number of nitro groups is 1. The van der Waals surface area contributed by atoms with E-state index < -0.39 is 10.8 Å². The van der Waals surface area contributed by atoms with Crippen molar-refractivity contribution in [2.24, 2.45) is 5.10 Å². The predicted molar refractivity (Wildman–Crippen MR) is 76.9 cm³/mol. The number of carbonyl (C=O) groups is 1. The van der Waals surface area contributed by atoms with E-state index in [9.17, 15) is 14.9 Å². The average Bonchev–Trinajstić information content (AvgIpc) is 2.86. The summed E-state index contributed by atoms with van der Waals surface area (Å²) in [6, 6.07) is 2.32. The normalized spacial score (nSPS) is 10.8. The number of carbonyl (C=O) groups excluding carboxylic acids is 1. The van der Waals surface area contributed by atoms with Gasteiger partial charge in [0.1, 0.15) is 5.02 Å². The zero-order valence-electron chi connectivity index (χ0n) is 10.5. The highest BCUT2D eigenvalue weighted by Gasteiger charge is 2.16. The Morgan fingerprint density at radius 3 is 2.73 bits per heavy atom. The van der Waals surface area contributed by atoms with Gasteiger partial charge in [-0.1, -0.05) is 23.2 Å². The molecule has 0 saturated carbocycles. The minimum Gasteiger partial charge on any atom is -0.379 e. The lowest BCUT2D eigenvalue weighted by Crippen LogP contribution is -2.19. The topological polar surface area (TPSA) is 150 Å². The van der Waals surface area contributed by atoms with Crippen LogP contribution in [0.3, 0.4) is 0 Å². The van der Waals surface area contributed by atoms with Gasteiger partial charge in [0.05, 0.1) is 16.2 Å². The van der Waals surface area contributed by atoms with Crippen LogP contribution in [0.4, 0.5) is 11.5 Å². The van der Waals surface area contributed by atoms with Crippen molar-refractivity contribution in [1.29, 1.82) is 0 Å². The third-order valence-corrected chi connectivity index (χ3v) is 2.99. The number of hydrogen-bond donors (Lipinski definition) is 2. The maximum atomic E-state index is 11.6. The summed E-state index contributed by atoms with van der Waals surface area (Å²) >= 11 is 11.6. The fourth-order valence-corrected chi connectivity index (χ4v) is 1.86. The van der Waals surface area contributed by atoms with Crippen molar-refractivity contribution in [1.82, 2.24) is 15.7 Å². The Kier molecular flexibility index (Phi) is 4.53. The number of halogens is 2. The van der Waals surface area contributed by atoms with E-state index in [-0.39, 0.29) is 32.8 Å². The molecule has 0 saturated heterocycles. The Morgan fingerprint density at radius 1 is 1.41 bits per heavy atom. The molecule has 0 radical (unpaired) electrons. The van der Waals surface area contributed by atoms with Crippen LogP contribution in [-0.2, 0) is 0 Å². The fourth-order valence-electron chi connectivity index (χ4n) is 1.36. The first-order valence-corrected chi connectivity index (χ1v) is 6.20. The van der Waals surface area contributed by atoms with Crippen molar-refractivity contribution in [2.45, 2.75) is 0 Å². The molecular formula is C10H6Cl2N6O4. The summed E-state index contributed by atoms with van der Waals surface area (Å²) in [5.41, 5.74) is 7.01. The van der Waals surface area contributed by atoms with Crippen LogP contribution in [0.1, 0.15) is 16.1 Å². The summed E-state index contributed by atoms with van der Waals surface area (Å²) in [5, 5.41) is 20.9. The van der Waals surface area contributed by atoms with E-state index in [1.807, 2.05) is 0 Å². The second-order valence-electron chi connectivity index (χ2n) is 3.78. The summed E-state index contributed by atoms with van der Waals surface area (Å²) in [5.74, 6) is -0.970. The van der Waals surface area contributed by atoms with E-state index >= 15 is 0 Å². The van der Waals surface area contributed by atoms with Gasteiger partial charge in [-0.15, -0.1) is 0 Å². The number of benzene rings is 1.